The summed E-state index contributed by atoms with van der Waals surface area (Å²) >= 11 is 0. The maximum atomic E-state index is 12.4. The van der Waals surface area contributed by atoms with Gasteiger partial charge >= 0.3 is 0 Å². The molecule has 1 amide bonds. The number of nitrogens with one attached hydrogen (secondary N) is 1. The smallest absolute Gasteiger partial charge is 0.251 e. The van der Waals surface area contributed by atoms with Crippen LogP contribution in [0.25, 0.3) is 0 Å². The van der Waals surface area contributed by atoms with Gasteiger partial charge in [-0.05, 0) is 55.3 Å². The predicted molar refractivity (Wildman–Crippen MR) is 109 cm³/mol. The van der Waals surface area contributed by atoms with Crippen molar-refractivity contribution in [2.45, 2.75) is 33.2 Å². The van der Waals surface area contributed by atoms with Crippen molar-refractivity contribution in [2.75, 3.05) is 37.0 Å². The number of hydrogen-bond donors (Lipinski definition) is 1. The highest BCUT2D eigenvalue weighted by atomic mass is 16.1. The minimum Gasteiger partial charge on any atom is -0.372 e. The van der Waals surface area contributed by atoms with Crippen LogP contribution in [0, 0.1) is 0 Å². The van der Waals surface area contributed by atoms with Crippen LogP contribution in [-0.4, -0.2) is 38.1 Å². The molecule has 1 N–H and O–H groups in total. The molecule has 0 saturated carbocycles. The first-order valence-electron chi connectivity index (χ1n) is 9.30. The van der Waals surface area contributed by atoms with Gasteiger partial charge < -0.3 is 15.1 Å². The van der Waals surface area contributed by atoms with E-state index >= 15 is 0 Å². The Morgan fingerprint density at radius 1 is 1.12 bits per heavy atom. The molecule has 5 nitrogen and oxygen atoms in total. The summed E-state index contributed by atoms with van der Waals surface area (Å²) in [5, 5.41) is 2.98. The molecule has 1 heterocycles. The molecule has 0 bridgehead atoms. The molecule has 0 spiro atoms. The quantitative estimate of drug-likeness (QED) is 0.746. The Kier molecular flexibility index (Phi) is 7.45. The second-order valence-corrected chi connectivity index (χ2v) is 6.58. The molecule has 0 aliphatic rings. The van der Waals surface area contributed by atoms with E-state index in [1.54, 1.807) is 6.20 Å². The van der Waals surface area contributed by atoms with Crippen molar-refractivity contribution in [1.29, 1.82) is 0 Å². The first-order chi connectivity index (χ1) is 12.5. The van der Waals surface area contributed by atoms with Crippen LogP contribution >= 0.6 is 0 Å². The molecule has 0 aliphatic heterocycles. The van der Waals surface area contributed by atoms with Gasteiger partial charge in [-0.3, -0.25) is 4.79 Å². The Hall–Kier alpha value is -2.56. The second-order valence-electron chi connectivity index (χ2n) is 6.58. The number of amides is 1. The van der Waals surface area contributed by atoms with Gasteiger partial charge in [-0.15, -0.1) is 0 Å². The number of anilines is 2. The van der Waals surface area contributed by atoms with Gasteiger partial charge in [0.05, 0.1) is 0 Å². The van der Waals surface area contributed by atoms with Gasteiger partial charge in [0.1, 0.15) is 5.82 Å². The first kappa shape index (κ1) is 19.8. The van der Waals surface area contributed by atoms with E-state index in [1.807, 2.05) is 55.4 Å². The van der Waals surface area contributed by atoms with E-state index in [-0.39, 0.29) is 5.91 Å². The van der Waals surface area contributed by atoms with E-state index in [0.29, 0.717) is 12.1 Å². The van der Waals surface area contributed by atoms with Gasteiger partial charge in [0, 0.05) is 51.2 Å². The Bertz CT molecular complexity index is 697. The Morgan fingerprint density at radius 3 is 2.46 bits per heavy atom. The zero-order valence-corrected chi connectivity index (χ0v) is 16.3. The normalized spacial score (nSPS) is 10.5. The third-order valence-corrected chi connectivity index (χ3v) is 4.38. The first-order valence-corrected chi connectivity index (χ1v) is 9.30. The molecule has 0 atom stereocenters. The van der Waals surface area contributed by atoms with Crippen molar-refractivity contribution in [2.24, 2.45) is 0 Å². The van der Waals surface area contributed by atoms with Crippen LogP contribution in [0.4, 0.5) is 11.5 Å². The van der Waals surface area contributed by atoms with Crippen molar-refractivity contribution >= 4 is 17.4 Å². The summed E-state index contributed by atoms with van der Waals surface area (Å²) in [5.41, 5.74) is 2.88. The highest BCUT2D eigenvalue weighted by Gasteiger charge is 2.08. The summed E-state index contributed by atoms with van der Waals surface area (Å²) in [5.74, 6) is 0.823. The zero-order chi connectivity index (χ0) is 18.9. The summed E-state index contributed by atoms with van der Waals surface area (Å²) in [6.45, 7) is 6.87. The van der Waals surface area contributed by atoms with E-state index in [2.05, 4.69) is 29.0 Å². The zero-order valence-electron chi connectivity index (χ0n) is 16.3. The van der Waals surface area contributed by atoms with Crippen LogP contribution in [0.15, 0.2) is 42.6 Å². The summed E-state index contributed by atoms with van der Waals surface area (Å²) < 4.78 is 0. The second kappa shape index (κ2) is 9.80. The molecule has 0 unspecified atom stereocenters. The lowest BCUT2D eigenvalue weighted by molar-refractivity contribution is 0.0951. The summed E-state index contributed by atoms with van der Waals surface area (Å²) in [7, 11) is 3.90. The standard InChI is InChI=1S/C21H30N4O/c1-5-7-14-25(6-2)19-10-8-18(9-11-19)21(26)23-16-17-12-13-22-20(15-17)24(3)4/h8-13,15H,5-7,14,16H2,1-4H3,(H,23,26). The number of unbranched alkanes of at least 4 members (excludes halogenated alkanes) is 1. The predicted octanol–water partition coefficient (Wildman–Crippen LogP) is 3.70. The molecular formula is C21H30N4O. The fraction of sp³-hybridized carbons (Fsp3) is 0.429. The number of carbonyl (C=O) groups excluding carboxylic acids is 1. The maximum Gasteiger partial charge on any atom is 0.251 e. The lowest BCUT2D eigenvalue weighted by Gasteiger charge is -2.23. The van der Waals surface area contributed by atoms with Gasteiger partial charge in [-0.25, -0.2) is 4.98 Å². The highest BCUT2D eigenvalue weighted by molar-refractivity contribution is 5.94. The lowest BCUT2D eigenvalue weighted by atomic mass is 10.1. The fourth-order valence-corrected chi connectivity index (χ4v) is 2.74. The van der Waals surface area contributed by atoms with Crippen LogP contribution in [0.1, 0.15) is 42.6 Å². The molecule has 1 aromatic heterocycles. The van der Waals surface area contributed by atoms with Crippen LogP contribution < -0.4 is 15.1 Å². The molecule has 1 aromatic carbocycles. The number of pyridine rings is 1. The molecule has 5 heteroatoms. The summed E-state index contributed by atoms with van der Waals surface area (Å²) in [6, 6.07) is 11.8. The SMILES string of the molecule is CCCCN(CC)c1ccc(C(=O)NCc2ccnc(N(C)C)c2)cc1. The number of benzene rings is 1. The van der Waals surface area contributed by atoms with E-state index in [0.717, 1.165) is 24.5 Å². The number of nitrogens with zero attached hydrogens (tertiary/aromatic N) is 3. The van der Waals surface area contributed by atoms with Crippen molar-refractivity contribution in [1.82, 2.24) is 10.3 Å². The largest absolute Gasteiger partial charge is 0.372 e. The molecule has 0 radical (unpaired) electrons. The monoisotopic (exact) mass is 354 g/mol. The average Bonchev–Trinajstić information content (AvgIpc) is 2.67. The molecule has 140 valence electrons. The fourth-order valence-electron chi connectivity index (χ4n) is 2.74. The third kappa shape index (κ3) is 5.48. The van der Waals surface area contributed by atoms with Crippen LogP contribution in [0.5, 0.6) is 0 Å². The molecule has 2 rings (SSSR count). The van der Waals surface area contributed by atoms with Gasteiger partial charge in [0.15, 0.2) is 0 Å². The molecule has 2 aromatic rings. The minimum atomic E-state index is -0.0589. The molecule has 0 fully saturated rings. The molecule has 26 heavy (non-hydrogen) atoms. The van der Waals surface area contributed by atoms with Gasteiger partial charge in [0.2, 0.25) is 0 Å². The number of rotatable bonds is 9. The average molecular weight is 354 g/mol. The van der Waals surface area contributed by atoms with E-state index in [4.69, 9.17) is 0 Å². The van der Waals surface area contributed by atoms with Crippen molar-refractivity contribution in [3.8, 4) is 0 Å². The van der Waals surface area contributed by atoms with E-state index in [1.165, 1.54) is 18.5 Å². The molecular weight excluding hydrogens is 324 g/mol. The Labute approximate surface area is 157 Å². The number of hydrogen-bond acceptors (Lipinski definition) is 4. The van der Waals surface area contributed by atoms with Crippen molar-refractivity contribution in [3.63, 3.8) is 0 Å². The maximum absolute atomic E-state index is 12.4. The van der Waals surface area contributed by atoms with E-state index in [9.17, 15) is 4.79 Å². The number of carbonyl (C=O) groups is 1. The minimum absolute atomic E-state index is 0.0589. The summed E-state index contributed by atoms with van der Waals surface area (Å²) in [6.07, 6.45) is 4.12. The van der Waals surface area contributed by atoms with Gasteiger partial charge in [-0.2, -0.15) is 0 Å². The summed E-state index contributed by atoms with van der Waals surface area (Å²) in [4.78, 5) is 21.0. The van der Waals surface area contributed by atoms with Crippen LogP contribution in [0.3, 0.4) is 0 Å². The van der Waals surface area contributed by atoms with Crippen molar-refractivity contribution in [3.05, 3.63) is 53.7 Å². The lowest BCUT2D eigenvalue weighted by Crippen LogP contribution is -2.25. The van der Waals surface area contributed by atoms with Crippen LogP contribution in [-0.2, 0) is 6.54 Å². The molecule has 0 aliphatic carbocycles. The Balaban J connectivity index is 1.96. The Morgan fingerprint density at radius 2 is 1.85 bits per heavy atom. The van der Waals surface area contributed by atoms with Gasteiger partial charge in [0.25, 0.3) is 5.91 Å². The third-order valence-electron chi connectivity index (χ3n) is 4.38. The topological polar surface area (TPSA) is 48.5 Å². The van der Waals surface area contributed by atoms with Crippen LogP contribution in [0.2, 0.25) is 0 Å². The van der Waals surface area contributed by atoms with Gasteiger partial charge in [-0.1, -0.05) is 13.3 Å². The molecule has 0 saturated heterocycles. The van der Waals surface area contributed by atoms with E-state index < -0.39 is 0 Å². The van der Waals surface area contributed by atoms with Crippen molar-refractivity contribution < 1.29 is 4.79 Å². The number of aromatic nitrogens is 1. The highest BCUT2D eigenvalue weighted by Crippen LogP contribution is 2.16.